The van der Waals surface area contributed by atoms with Gasteiger partial charge in [-0.05, 0) is 12.5 Å². The molecule has 1 unspecified atom stereocenters. The van der Waals surface area contributed by atoms with Crippen molar-refractivity contribution in [1.29, 1.82) is 0 Å². The number of rotatable bonds is 3. The first kappa shape index (κ1) is 14.6. The second-order valence-electron chi connectivity index (χ2n) is 3.74. The predicted molar refractivity (Wildman–Crippen MR) is 64.2 cm³/mol. The maximum absolute atomic E-state index is 10.6. The molecular formula is C13H20O3. The first-order valence-corrected chi connectivity index (χ1v) is 5.48. The summed E-state index contributed by atoms with van der Waals surface area (Å²) in [4.78, 5) is 10.6. The molecule has 16 heavy (non-hydrogen) atoms. The van der Waals surface area contributed by atoms with Crippen LogP contribution in [0.25, 0.3) is 0 Å². The fraction of sp³-hybridized carbons (Fsp3) is 0.462. The molecule has 0 spiro atoms. The van der Waals surface area contributed by atoms with Crippen LogP contribution in [0.2, 0.25) is 0 Å². The summed E-state index contributed by atoms with van der Waals surface area (Å²) in [6.45, 7) is 5.62. The Morgan fingerprint density at radius 3 is 1.94 bits per heavy atom. The fourth-order valence-electron chi connectivity index (χ4n) is 0.886. The van der Waals surface area contributed by atoms with E-state index < -0.39 is 11.6 Å². The van der Waals surface area contributed by atoms with Crippen molar-refractivity contribution in [3.63, 3.8) is 0 Å². The Hall–Kier alpha value is -1.35. The molecule has 0 radical (unpaired) electrons. The fourth-order valence-corrected chi connectivity index (χ4v) is 0.886. The maximum atomic E-state index is 10.6. The van der Waals surface area contributed by atoms with E-state index in [0.717, 1.165) is 0 Å². The molecule has 0 amide bonds. The van der Waals surface area contributed by atoms with Gasteiger partial charge in [-0.3, -0.25) is 0 Å². The van der Waals surface area contributed by atoms with Gasteiger partial charge in [-0.15, -0.1) is 0 Å². The molecule has 0 saturated carbocycles. The molecule has 0 aliphatic carbocycles. The van der Waals surface area contributed by atoms with E-state index in [1.165, 1.54) is 19.8 Å². The quantitative estimate of drug-likeness (QED) is 0.830. The van der Waals surface area contributed by atoms with Crippen molar-refractivity contribution < 1.29 is 15.0 Å². The zero-order valence-electron chi connectivity index (χ0n) is 10.1. The maximum Gasteiger partial charge on any atom is 0.340 e. The highest BCUT2D eigenvalue weighted by molar-refractivity contribution is 5.78. The zero-order valence-corrected chi connectivity index (χ0v) is 10.1. The van der Waals surface area contributed by atoms with Crippen LogP contribution < -0.4 is 0 Å². The topological polar surface area (TPSA) is 57.5 Å². The van der Waals surface area contributed by atoms with Crippen molar-refractivity contribution in [3.8, 4) is 0 Å². The van der Waals surface area contributed by atoms with E-state index in [4.69, 9.17) is 5.11 Å². The number of hydrogen-bond acceptors (Lipinski definition) is 2. The molecule has 0 heterocycles. The Balaban J connectivity index is 0.000000487. The van der Waals surface area contributed by atoms with Crippen molar-refractivity contribution in [2.45, 2.75) is 39.2 Å². The van der Waals surface area contributed by atoms with Crippen LogP contribution in [0.4, 0.5) is 0 Å². The summed E-state index contributed by atoms with van der Waals surface area (Å²) in [7, 11) is 0. The van der Waals surface area contributed by atoms with Gasteiger partial charge >= 0.3 is 5.97 Å². The van der Waals surface area contributed by atoms with Gasteiger partial charge in [-0.1, -0.05) is 57.0 Å². The van der Waals surface area contributed by atoms with E-state index in [2.05, 4.69) is 13.8 Å². The number of hydrogen-bond donors (Lipinski definition) is 2. The highest BCUT2D eigenvalue weighted by atomic mass is 16.4. The van der Waals surface area contributed by atoms with E-state index in [9.17, 15) is 9.90 Å². The lowest BCUT2D eigenvalue weighted by Crippen LogP contribution is -2.31. The van der Waals surface area contributed by atoms with Gasteiger partial charge in [0.15, 0.2) is 5.60 Å². The third kappa shape index (κ3) is 4.45. The molecule has 0 fully saturated rings. The molecular weight excluding hydrogens is 204 g/mol. The molecule has 3 heteroatoms. The normalized spacial score (nSPS) is 13.2. The SMILES string of the molecule is CC(O)(C(=O)O)c1ccccc1.CCCC. The standard InChI is InChI=1S/C9H10O3.C4H10/c1-9(12,8(10)11)7-5-3-2-4-6-7;1-3-4-2/h2-6,12H,1H3,(H,10,11);3-4H2,1-2H3. The van der Waals surface area contributed by atoms with Crippen LogP contribution in [-0.2, 0) is 10.4 Å². The molecule has 90 valence electrons. The molecule has 3 nitrogen and oxygen atoms in total. The average molecular weight is 224 g/mol. The predicted octanol–water partition coefficient (Wildman–Crippen LogP) is 2.79. The Labute approximate surface area is 96.7 Å². The van der Waals surface area contributed by atoms with Crippen molar-refractivity contribution in [3.05, 3.63) is 35.9 Å². The molecule has 0 aromatic heterocycles. The van der Waals surface area contributed by atoms with Crippen LogP contribution in [-0.4, -0.2) is 16.2 Å². The summed E-state index contributed by atoms with van der Waals surface area (Å²) < 4.78 is 0. The third-order valence-corrected chi connectivity index (χ3v) is 2.25. The summed E-state index contributed by atoms with van der Waals surface area (Å²) in [6.07, 6.45) is 2.64. The number of carbonyl (C=O) groups is 1. The number of carboxylic acid groups (broad SMARTS) is 1. The van der Waals surface area contributed by atoms with E-state index in [1.54, 1.807) is 30.3 Å². The Bertz CT molecular complexity index is 302. The molecule has 1 atom stereocenters. The van der Waals surface area contributed by atoms with E-state index >= 15 is 0 Å². The lowest BCUT2D eigenvalue weighted by atomic mass is 9.97. The molecule has 2 N–H and O–H groups in total. The average Bonchev–Trinajstić information content (AvgIpc) is 2.30. The summed E-state index contributed by atoms with van der Waals surface area (Å²) in [6, 6.07) is 8.29. The first-order chi connectivity index (χ1) is 7.46. The highest BCUT2D eigenvalue weighted by Crippen LogP contribution is 2.19. The van der Waals surface area contributed by atoms with Crippen molar-refractivity contribution >= 4 is 5.97 Å². The van der Waals surface area contributed by atoms with Gasteiger partial charge in [-0.2, -0.15) is 0 Å². The number of aliphatic hydroxyl groups is 1. The molecule has 0 aliphatic rings. The molecule has 0 aliphatic heterocycles. The van der Waals surface area contributed by atoms with Gasteiger partial charge in [0.25, 0.3) is 0 Å². The lowest BCUT2D eigenvalue weighted by molar-refractivity contribution is -0.157. The van der Waals surface area contributed by atoms with E-state index in [-0.39, 0.29) is 0 Å². The monoisotopic (exact) mass is 224 g/mol. The van der Waals surface area contributed by atoms with E-state index in [0.29, 0.717) is 5.56 Å². The Kier molecular flexibility index (Phi) is 6.42. The smallest absolute Gasteiger partial charge is 0.340 e. The van der Waals surface area contributed by atoms with Gasteiger partial charge in [0.1, 0.15) is 0 Å². The molecule has 0 bridgehead atoms. The van der Waals surface area contributed by atoms with Crippen LogP contribution in [0.1, 0.15) is 39.2 Å². The number of aliphatic carboxylic acids is 1. The minimum Gasteiger partial charge on any atom is -0.479 e. The van der Waals surface area contributed by atoms with Gasteiger partial charge in [-0.25, -0.2) is 4.79 Å². The summed E-state index contributed by atoms with van der Waals surface area (Å²) in [5, 5.41) is 18.1. The first-order valence-electron chi connectivity index (χ1n) is 5.48. The van der Waals surface area contributed by atoms with Crippen LogP contribution in [0.3, 0.4) is 0 Å². The van der Waals surface area contributed by atoms with Gasteiger partial charge in [0.05, 0.1) is 0 Å². The number of carboxylic acids is 1. The zero-order chi connectivity index (χ0) is 12.6. The minimum absolute atomic E-state index is 0.387. The number of unbranched alkanes of at least 4 members (excludes halogenated alkanes) is 1. The molecule has 1 rings (SSSR count). The molecule has 1 aromatic rings. The van der Waals surface area contributed by atoms with Gasteiger partial charge in [0, 0.05) is 0 Å². The van der Waals surface area contributed by atoms with Gasteiger partial charge < -0.3 is 10.2 Å². The van der Waals surface area contributed by atoms with Crippen LogP contribution in [0, 0.1) is 0 Å². The van der Waals surface area contributed by atoms with Crippen molar-refractivity contribution in [1.82, 2.24) is 0 Å². The summed E-state index contributed by atoms with van der Waals surface area (Å²) >= 11 is 0. The lowest BCUT2D eigenvalue weighted by Gasteiger charge is -2.17. The molecule has 0 saturated heterocycles. The van der Waals surface area contributed by atoms with Gasteiger partial charge in [0.2, 0.25) is 0 Å². The Morgan fingerprint density at radius 2 is 1.62 bits per heavy atom. The summed E-state index contributed by atoms with van der Waals surface area (Å²) in [5.41, 5.74) is -1.40. The van der Waals surface area contributed by atoms with Crippen LogP contribution in [0.5, 0.6) is 0 Å². The second-order valence-corrected chi connectivity index (χ2v) is 3.74. The third-order valence-electron chi connectivity index (χ3n) is 2.25. The Morgan fingerprint density at radius 1 is 1.19 bits per heavy atom. The highest BCUT2D eigenvalue weighted by Gasteiger charge is 2.31. The number of benzene rings is 1. The van der Waals surface area contributed by atoms with Crippen molar-refractivity contribution in [2.24, 2.45) is 0 Å². The van der Waals surface area contributed by atoms with Crippen molar-refractivity contribution in [2.75, 3.05) is 0 Å². The minimum atomic E-state index is -1.79. The van der Waals surface area contributed by atoms with Crippen LogP contribution >= 0.6 is 0 Å². The second kappa shape index (κ2) is 7.01. The molecule has 1 aromatic carbocycles. The van der Waals surface area contributed by atoms with E-state index in [1.807, 2.05) is 0 Å². The summed E-state index contributed by atoms with van der Waals surface area (Å²) in [5.74, 6) is -1.24. The largest absolute Gasteiger partial charge is 0.479 e. The van der Waals surface area contributed by atoms with Crippen LogP contribution in [0.15, 0.2) is 30.3 Å².